The number of hydrogen-bond acceptors (Lipinski definition) is 2. The molecule has 1 aliphatic rings. The number of hydrogen-bond donors (Lipinski definition) is 1. The summed E-state index contributed by atoms with van der Waals surface area (Å²) < 4.78 is 0. The monoisotopic (exact) mass is 229 g/mol. The fourth-order valence-corrected chi connectivity index (χ4v) is 3.61. The van der Waals surface area contributed by atoms with E-state index < -0.39 is 0 Å². The van der Waals surface area contributed by atoms with Gasteiger partial charge in [0.25, 0.3) is 0 Å². The Hall–Kier alpha value is 0.310. The minimum absolute atomic E-state index is 0.457. The minimum atomic E-state index is 0.457. The van der Waals surface area contributed by atoms with Gasteiger partial charge >= 0.3 is 0 Å². The van der Waals surface area contributed by atoms with Crippen molar-refractivity contribution in [2.75, 3.05) is 18.1 Å². The summed E-state index contributed by atoms with van der Waals surface area (Å²) in [6.07, 6.45) is 4.05. The molecular formula is C13H27NS. The van der Waals surface area contributed by atoms with Gasteiger partial charge in [0.15, 0.2) is 0 Å². The van der Waals surface area contributed by atoms with Crippen LogP contribution in [0.25, 0.3) is 0 Å². The molecule has 0 aromatic rings. The van der Waals surface area contributed by atoms with Crippen LogP contribution in [0.5, 0.6) is 0 Å². The third kappa shape index (κ3) is 5.82. The standard InChI is InChI=1S/C13H27NS/c1-11(2)9-13(3,4)10-14-12-5-7-15-8-6-12/h11-12,14H,5-10H2,1-4H3. The highest BCUT2D eigenvalue weighted by atomic mass is 32.2. The number of thioether (sulfide) groups is 1. The van der Waals surface area contributed by atoms with E-state index in [0.717, 1.165) is 12.0 Å². The van der Waals surface area contributed by atoms with Crippen LogP contribution in [0.3, 0.4) is 0 Å². The van der Waals surface area contributed by atoms with Gasteiger partial charge in [-0.15, -0.1) is 0 Å². The van der Waals surface area contributed by atoms with Crippen LogP contribution >= 0.6 is 11.8 Å². The topological polar surface area (TPSA) is 12.0 Å². The van der Waals surface area contributed by atoms with Gasteiger partial charge < -0.3 is 5.32 Å². The molecule has 0 unspecified atom stereocenters. The van der Waals surface area contributed by atoms with Gasteiger partial charge in [0, 0.05) is 12.6 Å². The molecular weight excluding hydrogens is 202 g/mol. The molecule has 1 aliphatic heterocycles. The largest absolute Gasteiger partial charge is 0.313 e. The zero-order chi connectivity index (χ0) is 11.3. The van der Waals surface area contributed by atoms with Crippen molar-refractivity contribution in [3.63, 3.8) is 0 Å². The third-order valence-corrected chi connectivity index (χ3v) is 4.10. The molecule has 1 fully saturated rings. The first-order valence-corrected chi connectivity index (χ1v) is 7.46. The summed E-state index contributed by atoms with van der Waals surface area (Å²) in [5.41, 5.74) is 0.457. The molecule has 0 aromatic carbocycles. The average Bonchev–Trinajstić information content (AvgIpc) is 2.15. The molecule has 1 saturated heterocycles. The molecule has 1 N–H and O–H groups in total. The Balaban J connectivity index is 2.21. The smallest absolute Gasteiger partial charge is 0.00830 e. The summed E-state index contributed by atoms with van der Waals surface area (Å²) in [6, 6.07) is 0.790. The van der Waals surface area contributed by atoms with E-state index in [-0.39, 0.29) is 0 Å². The molecule has 2 heteroatoms. The normalized spacial score (nSPS) is 19.8. The highest BCUT2D eigenvalue weighted by Crippen LogP contribution is 2.25. The SMILES string of the molecule is CC(C)CC(C)(C)CNC1CCSCC1. The van der Waals surface area contributed by atoms with E-state index in [4.69, 9.17) is 0 Å². The number of rotatable bonds is 5. The van der Waals surface area contributed by atoms with Crippen LogP contribution in [-0.4, -0.2) is 24.1 Å². The molecule has 0 amide bonds. The van der Waals surface area contributed by atoms with Crippen LogP contribution in [-0.2, 0) is 0 Å². The lowest BCUT2D eigenvalue weighted by molar-refractivity contribution is 0.258. The lowest BCUT2D eigenvalue weighted by Crippen LogP contribution is -2.39. The second kappa shape index (κ2) is 6.15. The van der Waals surface area contributed by atoms with Crippen LogP contribution in [0, 0.1) is 11.3 Å². The van der Waals surface area contributed by atoms with Crippen molar-refractivity contribution in [3.8, 4) is 0 Å². The highest BCUT2D eigenvalue weighted by molar-refractivity contribution is 7.99. The van der Waals surface area contributed by atoms with Crippen molar-refractivity contribution in [3.05, 3.63) is 0 Å². The van der Waals surface area contributed by atoms with Crippen molar-refractivity contribution in [2.24, 2.45) is 11.3 Å². The maximum Gasteiger partial charge on any atom is 0.00830 e. The van der Waals surface area contributed by atoms with Crippen LogP contribution in [0.2, 0.25) is 0 Å². The fourth-order valence-electron chi connectivity index (χ4n) is 2.50. The van der Waals surface area contributed by atoms with Crippen molar-refractivity contribution in [1.82, 2.24) is 5.32 Å². The maximum absolute atomic E-state index is 3.75. The number of nitrogens with one attached hydrogen (secondary N) is 1. The van der Waals surface area contributed by atoms with E-state index in [1.54, 1.807) is 0 Å². The molecule has 0 saturated carbocycles. The first-order valence-electron chi connectivity index (χ1n) is 6.31. The summed E-state index contributed by atoms with van der Waals surface area (Å²) >= 11 is 2.10. The molecule has 0 bridgehead atoms. The van der Waals surface area contributed by atoms with Gasteiger partial charge in [-0.05, 0) is 42.1 Å². The summed E-state index contributed by atoms with van der Waals surface area (Å²) in [5, 5.41) is 3.75. The van der Waals surface area contributed by atoms with E-state index in [1.165, 1.54) is 37.3 Å². The van der Waals surface area contributed by atoms with Crippen molar-refractivity contribution in [2.45, 2.75) is 53.0 Å². The van der Waals surface area contributed by atoms with E-state index in [0.29, 0.717) is 5.41 Å². The minimum Gasteiger partial charge on any atom is -0.313 e. The Morgan fingerprint density at radius 3 is 2.40 bits per heavy atom. The van der Waals surface area contributed by atoms with E-state index in [1.807, 2.05) is 0 Å². The molecule has 15 heavy (non-hydrogen) atoms. The first-order chi connectivity index (χ1) is 6.99. The van der Waals surface area contributed by atoms with Gasteiger partial charge in [-0.3, -0.25) is 0 Å². The molecule has 0 radical (unpaired) electrons. The molecule has 0 aliphatic carbocycles. The highest BCUT2D eigenvalue weighted by Gasteiger charge is 2.21. The Morgan fingerprint density at radius 1 is 1.27 bits per heavy atom. The average molecular weight is 229 g/mol. The predicted octanol–water partition coefficient (Wildman–Crippen LogP) is 3.54. The van der Waals surface area contributed by atoms with Gasteiger partial charge in [0.05, 0.1) is 0 Å². The van der Waals surface area contributed by atoms with Gasteiger partial charge in [0.1, 0.15) is 0 Å². The van der Waals surface area contributed by atoms with Crippen LogP contribution in [0.4, 0.5) is 0 Å². The molecule has 0 atom stereocenters. The molecule has 0 spiro atoms. The second-order valence-electron chi connectivity index (χ2n) is 6.03. The van der Waals surface area contributed by atoms with Gasteiger partial charge in [0.2, 0.25) is 0 Å². The second-order valence-corrected chi connectivity index (χ2v) is 7.25. The Bertz CT molecular complexity index is 171. The molecule has 1 heterocycles. The molecule has 1 nitrogen and oxygen atoms in total. The summed E-state index contributed by atoms with van der Waals surface area (Å²) in [7, 11) is 0. The van der Waals surface area contributed by atoms with Crippen LogP contribution in [0.1, 0.15) is 47.0 Å². The van der Waals surface area contributed by atoms with E-state index >= 15 is 0 Å². The van der Waals surface area contributed by atoms with E-state index in [9.17, 15) is 0 Å². The van der Waals surface area contributed by atoms with Gasteiger partial charge in [-0.25, -0.2) is 0 Å². The molecule has 0 aromatic heterocycles. The van der Waals surface area contributed by atoms with Crippen molar-refractivity contribution < 1.29 is 0 Å². The predicted molar refractivity (Wildman–Crippen MR) is 71.6 cm³/mol. The zero-order valence-electron chi connectivity index (χ0n) is 10.8. The fraction of sp³-hybridized carbons (Fsp3) is 1.00. The molecule has 1 rings (SSSR count). The Kier molecular flexibility index (Phi) is 5.48. The van der Waals surface area contributed by atoms with Gasteiger partial charge in [-0.2, -0.15) is 11.8 Å². The van der Waals surface area contributed by atoms with Crippen LogP contribution in [0.15, 0.2) is 0 Å². The van der Waals surface area contributed by atoms with Crippen molar-refractivity contribution in [1.29, 1.82) is 0 Å². The van der Waals surface area contributed by atoms with Gasteiger partial charge in [-0.1, -0.05) is 27.7 Å². The summed E-state index contributed by atoms with van der Waals surface area (Å²) in [4.78, 5) is 0. The summed E-state index contributed by atoms with van der Waals surface area (Å²) in [6.45, 7) is 10.6. The lowest BCUT2D eigenvalue weighted by Gasteiger charge is -2.31. The van der Waals surface area contributed by atoms with Crippen LogP contribution < -0.4 is 5.32 Å². The molecule has 90 valence electrons. The van der Waals surface area contributed by atoms with Crippen molar-refractivity contribution >= 4 is 11.8 Å². The lowest BCUT2D eigenvalue weighted by atomic mass is 9.83. The Morgan fingerprint density at radius 2 is 1.87 bits per heavy atom. The quantitative estimate of drug-likeness (QED) is 0.774. The summed E-state index contributed by atoms with van der Waals surface area (Å²) in [5.74, 6) is 3.51. The third-order valence-electron chi connectivity index (χ3n) is 3.05. The first kappa shape index (κ1) is 13.4. The Labute approximate surface area is 99.8 Å². The maximum atomic E-state index is 3.75. The van der Waals surface area contributed by atoms with E-state index in [2.05, 4.69) is 44.8 Å². The zero-order valence-corrected chi connectivity index (χ0v) is 11.6.